The molecule has 3 nitrogen and oxygen atoms in total. The normalized spacial score (nSPS) is 44.9. The summed E-state index contributed by atoms with van der Waals surface area (Å²) in [4.78, 5) is 11.5. The number of carbonyl (C=O) groups excluding carboxylic acids is 1. The van der Waals surface area contributed by atoms with Crippen molar-refractivity contribution in [2.45, 2.75) is 25.4 Å². The molecule has 0 amide bonds. The molecule has 3 unspecified atom stereocenters. The Labute approximate surface area is 108 Å². The van der Waals surface area contributed by atoms with Gasteiger partial charge in [-0.25, -0.2) is 0 Å². The molecule has 0 aliphatic carbocycles. The molecule has 3 aliphatic rings. The van der Waals surface area contributed by atoms with Gasteiger partial charge in [-0.2, -0.15) is 12.5 Å². The summed E-state index contributed by atoms with van der Waals surface area (Å²) in [6.07, 6.45) is 2.89. The fourth-order valence-electron chi connectivity index (χ4n) is 2.76. The van der Waals surface area contributed by atoms with Crippen molar-refractivity contribution in [1.82, 2.24) is 0 Å². The third-order valence-corrected chi connectivity index (χ3v) is 3.40. The number of hydrogen-bond acceptors (Lipinski definition) is 3. The third-order valence-electron chi connectivity index (χ3n) is 3.40. The van der Waals surface area contributed by atoms with Crippen LogP contribution in [0.1, 0.15) is 19.8 Å². The Kier molecular flexibility index (Phi) is 2.41. The van der Waals surface area contributed by atoms with Gasteiger partial charge in [-0.3, -0.25) is 4.79 Å². The second-order valence-corrected chi connectivity index (χ2v) is 4.22. The van der Waals surface area contributed by atoms with Crippen LogP contribution in [0.25, 0.3) is 0 Å². The van der Waals surface area contributed by atoms with Crippen molar-refractivity contribution in [2.24, 2.45) is 11.8 Å². The first kappa shape index (κ1) is 10.8. The van der Waals surface area contributed by atoms with Crippen molar-refractivity contribution in [1.29, 1.82) is 0 Å². The van der Waals surface area contributed by atoms with Crippen LogP contribution in [0.5, 0.6) is 0 Å². The van der Waals surface area contributed by atoms with E-state index in [1.165, 1.54) is 0 Å². The van der Waals surface area contributed by atoms with Crippen LogP contribution in [0.15, 0.2) is 12.3 Å². The van der Waals surface area contributed by atoms with Gasteiger partial charge in [-0.05, 0) is 6.92 Å². The fourth-order valence-corrected chi connectivity index (χ4v) is 2.76. The number of fused-ring (bicyclic) bond motifs is 5. The molecule has 0 saturated carbocycles. The summed E-state index contributed by atoms with van der Waals surface area (Å²) in [5, 5.41) is 0. The van der Waals surface area contributed by atoms with E-state index in [0.717, 1.165) is 18.9 Å². The molecule has 3 aliphatic heterocycles. The zero-order chi connectivity index (χ0) is 9.22. The van der Waals surface area contributed by atoms with Gasteiger partial charge in [0.05, 0.1) is 11.7 Å². The Morgan fingerprint density at radius 2 is 2.36 bits per heavy atom. The first-order valence-corrected chi connectivity index (χ1v) is 4.57. The minimum absolute atomic E-state index is 0. The molecule has 0 aromatic rings. The zero-order valence-electron chi connectivity index (χ0n) is 8.08. The van der Waals surface area contributed by atoms with Crippen LogP contribution in [0.3, 0.4) is 0 Å². The molecule has 2 bridgehead atoms. The molecule has 3 heterocycles. The molecule has 0 aromatic heterocycles. The largest absolute Gasteiger partial charge is 0.543 e. The van der Waals surface area contributed by atoms with Crippen LogP contribution >= 0.6 is 0 Å². The SMILES string of the molecule is C=C1OC(=O)C2C1[C-]1CCC2(C)O1.[Y]. The van der Waals surface area contributed by atoms with Gasteiger partial charge in [0.2, 0.25) is 0 Å². The van der Waals surface area contributed by atoms with Gasteiger partial charge < -0.3 is 9.47 Å². The van der Waals surface area contributed by atoms with Crippen molar-refractivity contribution in [3.63, 3.8) is 0 Å². The number of carbonyl (C=O) groups is 1. The van der Waals surface area contributed by atoms with E-state index in [1.54, 1.807) is 0 Å². The van der Waals surface area contributed by atoms with Gasteiger partial charge in [-0.1, -0.05) is 18.9 Å². The van der Waals surface area contributed by atoms with Gasteiger partial charge >= 0.3 is 5.97 Å². The summed E-state index contributed by atoms with van der Waals surface area (Å²) < 4.78 is 10.8. The monoisotopic (exact) mass is 268 g/mol. The number of esters is 1. The van der Waals surface area contributed by atoms with Crippen LogP contribution in [0, 0.1) is 17.9 Å². The van der Waals surface area contributed by atoms with Crippen LogP contribution in [0.2, 0.25) is 0 Å². The van der Waals surface area contributed by atoms with Gasteiger partial charge in [0.15, 0.2) is 0 Å². The Balaban J connectivity index is 0.000000750. The Morgan fingerprint density at radius 1 is 1.64 bits per heavy atom. The maximum atomic E-state index is 11.5. The summed E-state index contributed by atoms with van der Waals surface area (Å²) >= 11 is 0. The van der Waals surface area contributed by atoms with E-state index in [4.69, 9.17) is 9.47 Å². The van der Waals surface area contributed by atoms with E-state index < -0.39 is 0 Å². The van der Waals surface area contributed by atoms with Gasteiger partial charge in [0.25, 0.3) is 0 Å². The van der Waals surface area contributed by atoms with Gasteiger partial charge in [0, 0.05) is 38.3 Å². The predicted molar refractivity (Wildman–Crippen MR) is 44.2 cm³/mol. The molecule has 3 fully saturated rings. The minimum atomic E-state index is -0.309. The first-order chi connectivity index (χ1) is 6.12. The second-order valence-electron chi connectivity index (χ2n) is 4.22. The van der Waals surface area contributed by atoms with Crippen LogP contribution in [0.4, 0.5) is 0 Å². The van der Waals surface area contributed by atoms with E-state index in [2.05, 4.69) is 6.58 Å². The van der Waals surface area contributed by atoms with Crippen molar-refractivity contribution in [3.05, 3.63) is 18.4 Å². The summed E-state index contributed by atoms with van der Waals surface area (Å²) in [6.45, 7) is 5.74. The maximum Gasteiger partial charge on any atom is 0.314 e. The zero-order valence-corrected chi connectivity index (χ0v) is 10.9. The van der Waals surface area contributed by atoms with Gasteiger partial charge in [0.1, 0.15) is 0 Å². The summed E-state index contributed by atoms with van der Waals surface area (Å²) in [7, 11) is 0. The van der Waals surface area contributed by atoms with Crippen LogP contribution in [-0.2, 0) is 47.0 Å². The number of ether oxygens (including phenoxy) is 2. The topological polar surface area (TPSA) is 35.5 Å². The summed E-state index contributed by atoms with van der Waals surface area (Å²) in [6, 6.07) is 0. The maximum absolute atomic E-state index is 11.5. The second kappa shape index (κ2) is 3.13. The van der Waals surface area contributed by atoms with E-state index in [0.29, 0.717) is 5.76 Å². The molecule has 0 spiro atoms. The first-order valence-electron chi connectivity index (χ1n) is 4.57. The standard InChI is InChI=1S/C10H11O3.Y/c1-5-7-6-3-4-10(2,13-6)8(7)9(11)12-5;/h7-8H,1,3-4H2,2H3;/q-1;. The average molecular weight is 268 g/mol. The molecule has 1 radical (unpaired) electrons. The summed E-state index contributed by atoms with van der Waals surface area (Å²) in [5.41, 5.74) is -0.309. The molecular formula is C10H11O3Y-. The molecule has 0 N–H and O–H groups in total. The van der Waals surface area contributed by atoms with Crippen LogP contribution < -0.4 is 0 Å². The van der Waals surface area contributed by atoms with Gasteiger partial charge in [-0.15, -0.1) is 0 Å². The minimum Gasteiger partial charge on any atom is -0.543 e. The number of cyclic esters (lactones) is 1. The molecule has 3 saturated heterocycles. The number of rotatable bonds is 0. The van der Waals surface area contributed by atoms with E-state index in [9.17, 15) is 4.79 Å². The molecule has 0 aromatic carbocycles. The average Bonchev–Trinajstić information content (AvgIpc) is 2.62. The van der Waals surface area contributed by atoms with Crippen molar-refractivity contribution in [3.8, 4) is 0 Å². The molecule has 3 atom stereocenters. The van der Waals surface area contributed by atoms with Crippen LogP contribution in [-0.4, -0.2) is 11.6 Å². The van der Waals surface area contributed by atoms with Crippen molar-refractivity contribution in [2.75, 3.05) is 0 Å². The Hall–Kier alpha value is 0.274. The number of hydrogen-bond donors (Lipinski definition) is 0. The molecule has 14 heavy (non-hydrogen) atoms. The molecule has 73 valence electrons. The van der Waals surface area contributed by atoms with E-state index in [1.807, 2.05) is 6.92 Å². The Bertz CT molecular complexity index is 314. The van der Waals surface area contributed by atoms with E-state index >= 15 is 0 Å². The third kappa shape index (κ3) is 1.12. The quantitative estimate of drug-likeness (QED) is 0.492. The van der Waals surface area contributed by atoms with Crippen molar-refractivity contribution < 1.29 is 47.0 Å². The molecular weight excluding hydrogens is 257 g/mol. The van der Waals surface area contributed by atoms with Crippen molar-refractivity contribution >= 4 is 5.97 Å². The smallest absolute Gasteiger partial charge is 0.314 e. The predicted octanol–water partition coefficient (Wildman–Crippen LogP) is 1.40. The fraction of sp³-hybridized carbons (Fsp3) is 0.600. The Morgan fingerprint density at radius 3 is 3.00 bits per heavy atom. The van der Waals surface area contributed by atoms with E-state index in [-0.39, 0.29) is 56.1 Å². The molecule has 3 rings (SSSR count). The summed E-state index contributed by atoms with van der Waals surface area (Å²) in [5.74, 6) is 0.343. The molecule has 4 heteroatoms.